The van der Waals surface area contributed by atoms with Crippen molar-refractivity contribution in [3.63, 3.8) is 0 Å². The van der Waals surface area contributed by atoms with Crippen molar-refractivity contribution in [2.75, 3.05) is 0 Å². The van der Waals surface area contributed by atoms with Crippen molar-refractivity contribution in [2.24, 2.45) is 22.7 Å². The number of carbonyl (C=O) groups excluding carboxylic acids is 1. The minimum atomic E-state index is -1.06. The van der Waals surface area contributed by atoms with Crippen LogP contribution < -0.4 is 5.32 Å². The molecule has 0 aromatic carbocycles. The highest BCUT2D eigenvalue weighted by Gasteiger charge is 2.61. The second kappa shape index (κ2) is 3.97. The van der Waals surface area contributed by atoms with Crippen LogP contribution in [0.2, 0.25) is 0 Å². The molecule has 0 spiro atoms. The van der Waals surface area contributed by atoms with Crippen LogP contribution in [-0.4, -0.2) is 23.0 Å². The molecule has 18 heavy (non-hydrogen) atoms. The Morgan fingerprint density at radius 2 is 1.94 bits per heavy atom. The maximum atomic E-state index is 11.9. The van der Waals surface area contributed by atoms with E-state index in [1.165, 1.54) is 13.3 Å². The molecule has 4 atom stereocenters. The molecular formula is C14H23NO3. The van der Waals surface area contributed by atoms with Crippen LogP contribution in [0.15, 0.2) is 0 Å². The standard InChI is InChI=1S/C14H23NO3/c1-8(12(17)18)11(16)15-10-7-9-5-6-14(10,4)13(9,2)3/h8-10H,5-7H2,1-4H3,(H,15,16)(H,17,18). The van der Waals surface area contributed by atoms with E-state index in [2.05, 4.69) is 26.1 Å². The monoisotopic (exact) mass is 253 g/mol. The second-order valence-electron chi connectivity index (χ2n) is 6.73. The predicted octanol–water partition coefficient (Wildman–Crippen LogP) is 2.04. The fourth-order valence-electron chi connectivity index (χ4n) is 3.83. The first-order valence-electron chi connectivity index (χ1n) is 6.73. The Morgan fingerprint density at radius 1 is 1.33 bits per heavy atom. The minimum absolute atomic E-state index is 0.103. The number of rotatable bonds is 3. The number of hydrogen-bond acceptors (Lipinski definition) is 2. The summed E-state index contributed by atoms with van der Waals surface area (Å²) in [5, 5.41) is 11.8. The lowest BCUT2D eigenvalue weighted by atomic mass is 9.69. The topological polar surface area (TPSA) is 66.4 Å². The van der Waals surface area contributed by atoms with E-state index in [9.17, 15) is 9.59 Å². The molecule has 2 N–H and O–H groups in total. The summed E-state index contributed by atoms with van der Waals surface area (Å²) < 4.78 is 0. The SMILES string of the molecule is CC(C(=O)O)C(=O)NC1CC2CCC1(C)C2(C)C. The number of carbonyl (C=O) groups is 2. The average molecular weight is 253 g/mol. The van der Waals surface area contributed by atoms with Crippen molar-refractivity contribution < 1.29 is 14.7 Å². The summed E-state index contributed by atoms with van der Waals surface area (Å²) in [5.41, 5.74) is 0.336. The molecule has 0 radical (unpaired) electrons. The summed E-state index contributed by atoms with van der Waals surface area (Å²) in [5.74, 6) is -1.72. The van der Waals surface area contributed by atoms with Crippen LogP contribution in [0.5, 0.6) is 0 Å². The van der Waals surface area contributed by atoms with Gasteiger partial charge in [-0.25, -0.2) is 0 Å². The third-order valence-corrected chi connectivity index (χ3v) is 5.87. The first kappa shape index (κ1) is 13.4. The predicted molar refractivity (Wildman–Crippen MR) is 68.0 cm³/mol. The molecule has 0 saturated heterocycles. The highest BCUT2D eigenvalue weighted by Crippen LogP contribution is 2.65. The van der Waals surface area contributed by atoms with Crippen molar-refractivity contribution in [2.45, 2.75) is 53.0 Å². The molecular weight excluding hydrogens is 230 g/mol. The maximum Gasteiger partial charge on any atom is 0.315 e. The second-order valence-corrected chi connectivity index (χ2v) is 6.73. The van der Waals surface area contributed by atoms with Crippen LogP contribution in [0.25, 0.3) is 0 Å². The van der Waals surface area contributed by atoms with Crippen LogP contribution in [0.3, 0.4) is 0 Å². The van der Waals surface area contributed by atoms with Crippen molar-refractivity contribution >= 4 is 11.9 Å². The summed E-state index contributed by atoms with van der Waals surface area (Å²) in [4.78, 5) is 22.7. The molecule has 2 rings (SSSR count). The number of aliphatic carboxylic acids is 1. The van der Waals surface area contributed by atoms with E-state index in [4.69, 9.17) is 5.11 Å². The molecule has 4 nitrogen and oxygen atoms in total. The van der Waals surface area contributed by atoms with Crippen LogP contribution >= 0.6 is 0 Å². The fourth-order valence-corrected chi connectivity index (χ4v) is 3.83. The van der Waals surface area contributed by atoms with Gasteiger partial charge in [0, 0.05) is 6.04 Å². The molecule has 0 aliphatic heterocycles. The van der Waals surface area contributed by atoms with E-state index >= 15 is 0 Å². The van der Waals surface area contributed by atoms with Crippen LogP contribution in [-0.2, 0) is 9.59 Å². The Hall–Kier alpha value is -1.06. The van der Waals surface area contributed by atoms with Crippen molar-refractivity contribution in [1.82, 2.24) is 5.32 Å². The number of nitrogens with one attached hydrogen (secondary N) is 1. The molecule has 2 aliphatic carbocycles. The zero-order valence-electron chi connectivity index (χ0n) is 11.6. The highest BCUT2D eigenvalue weighted by atomic mass is 16.4. The van der Waals surface area contributed by atoms with Gasteiger partial charge in [-0.2, -0.15) is 0 Å². The first-order chi connectivity index (χ1) is 8.20. The Bertz CT molecular complexity index is 391. The largest absolute Gasteiger partial charge is 0.481 e. The molecule has 0 heterocycles. The molecule has 0 aromatic heterocycles. The summed E-state index contributed by atoms with van der Waals surface area (Å²) in [7, 11) is 0. The van der Waals surface area contributed by atoms with Crippen LogP contribution in [0, 0.1) is 22.7 Å². The summed E-state index contributed by atoms with van der Waals surface area (Å²) in [6, 6.07) is 0.126. The van der Waals surface area contributed by atoms with Gasteiger partial charge in [-0.3, -0.25) is 9.59 Å². The molecule has 2 saturated carbocycles. The lowest BCUT2D eigenvalue weighted by Crippen LogP contribution is -2.49. The summed E-state index contributed by atoms with van der Waals surface area (Å²) in [6.45, 7) is 8.23. The normalized spacial score (nSPS) is 38.4. The van der Waals surface area contributed by atoms with Crippen molar-refractivity contribution in [3.05, 3.63) is 0 Å². The van der Waals surface area contributed by atoms with Gasteiger partial charge >= 0.3 is 5.97 Å². The molecule has 1 amide bonds. The third kappa shape index (κ3) is 1.65. The summed E-state index contributed by atoms with van der Waals surface area (Å²) >= 11 is 0. The maximum absolute atomic E-state index is 11.9. The van der Waals surface area contributed by atoms with Crippen molar-refractivity contribution in [1.29, 1.82) is 0 Å². The van der Waals surface area contributed by atoms with E-state index in [1.54, 1.807) is 0 Å². The van der Waals surface area contributed by atoms with Gasteiger partial charge in [0.2, 0.25) is 5.91 Å². The van der Waals surface area contributed by atoms with Crippen LogP contribution in [0.4, 0.5) is 0 Å². The molecule has 2 bridgehead atoms. The Labute approximate surface area is 108 Å². The number of fused-ring (bicyclic) bond motifs is 2. The zero-order chi connectivity index (χ0) is 13.7. The Morgan fingerprint density at radius 3 is 2.33 bits per heavy atom. The lowest BCUT2D eigenvalue weighted by molar-refractivity contribution is -0.146. The van der Waals surface area contributed by atoms with Gasteiger partial charge in [-0.15, -0.1) is 0 Å². The van der Waals surface area contributed by atoms with Gasteiger partial charge in [0.05, 0.1) is 0 Å². The zero-order valence-corrected chi connectivity index (χ0v) is 11.6. The van der Waals surface area contributed by atoms with Crippen LogP contribution in [0.1, 0.15) is 47.0 Å². The Balaban J connectivity index is 2.09. The lowest BCUT2D eigenvalue weighted by Gasteiger charge is -2.39. The van der Waals surface area contributed by atoms with Gasteiger partial charge in [-0.05, 0) is 42.9 Å². The smallest absolute Gasteiger partial charge is 0.315 e. The Kier molecular flexibility index (Phi) is 2.95. The number of carboxylic acid groups (broad SMARTS) is 1. The van der Waals surface area contributed by atoms with E-state index in [-0.39, 0.29) is 22.8 Å². The molecule has 4 unspecified atom stereocenters. The molecule has 102 valence electrons. The quantitative estimate of drug-likeness (QED) is 0.756. The fraction of sp³-hybridized carbons (Fsp3) is 0.857. The van der Waals surface area contributed by atoms with Gasteiger partial charge in [-0.1, -0.05) is 20.8 Å². The molecule has 2 fully saturated rings. The average Bonchev–Trinajstić information content (AvgIpc) is 2.60. The summed E-state index contributed by atoms with van der Waals surface area (Å²) in [6.07, 6.45) is 3.34. The molecule has 0 aromatic rings. The van der Waals surface area contributed by atoms with Gasteiger partial charge in [0.1, 0.15) is 5.92 Å². The van der Waals surface area contributed by atoms with Gasteiger partial charge < -0.3 is 10.4 Å². The molecule has 2 aliphatic rings. The van der Waals surface area contributed by atoms with E-state index in [0.29, 0.717) is 5.92 Å². The van der Waals surface area contributed by atoms with Gasteiger partial charge in [0.15, 0.2) is 0 Å². The highest BCUT2D eigenvalue weighted by molar-refractivity contribution is 5.96. The third-order valence-electron chi connectivity index (χ3n) is 5.87. The van der Waals surface area contributed by atoms with Crippen molar-refractivity contribution in [3.8, 4) is 0 Å². The molecule has 4 heteroatoms. The van der Waals surface area contributed by atoms with Gasteiger partial charge in [0.25, 0.3) is 0 Å². The van der Waals surface area contributed by atoms with E-state index in [0.717, 1.165) is 12.8 Å². The number of amides is 1. The van der Waals surface area contributed by atoms with E-state index < -0.39 is 11.9 Å². The van der Waals surface area contributed by atoms with E-state index in [1.807, 2.05) is 0 Å². The number of hydrogen-bond donors (Lipinski definition) is 2. The number of carboxylic acids is 1. The first-order valence-corrected chi connectivity index (χ1v) is 6.73. The minimum Gasteiger partial charge on any atom is -0.481 e.